The number of rotatable bonds is 8. The lowest BCUT2D eigenvalue weighted by atomic mass is 10.1. The molecule has 1 aliphatic rings. The van der Waals surface area contributed by atoms with Crippen LogP contribution in [0.25, 0.3) is 0 Å². The number of ether oxygens (including phenoxy) is 1. The second-order valence-electron chi connectivity index (χ2n) is 6.56. The summed E-state index contributed by atoms with van der Waals surface area (Å²) < 4.78 is 32.1. The molecule has 0 unspecified atom stereocenters. The molecule has 2 aromatic carbocycles. The molecule has 0 heterocycles. The van der Waals surface area contributed by atoms with Gasteiger partial charge in [0.05, 0.1) is 10.5 Å². The van der Waals surface area contributed by atoms with Gasteiger partial charge in [0.2, 0.25) is 10.0 Å². The van der Waals surface area contributed by atoms with Crippen molar-refractivity contribution in [2.45, 2.75) is 37.1 Å². The molecule has 0 aromatic heterocycles. The fourth-order valence-corrected chi connectivity index (χ4v) is 3.98. The average Bonchev–Trinajstić information content (AvgIpc) is 3.50. The van der Waals surface area contributed by atoms with Gasteiger partial charge in [-0.05, 0) is 49.1 Å². The maximum Gasteiger partial charge on any atom is 0.338 e. The van der Waals surface area contributed by atoms with E-state index in [1.807, 2.05) is 25.1 Å². The first-order valence-corrected chi connectivity index (χ1v) is 10.5. The SMILES string of the molecule is CCc1ccccc1NC(=O)COC(=O)c1cccc(S(=O)(=O)NC2CC2)c1. The molecule has 2 N–H and O–H groups in total. The van der Waals surface area contributed by atoms with E-state index < -0.39 is 28.5 Å². The molecule has 0 atom stereocenters. The van der Waals surface area contributed by atoms with Gasteiger partial charge in [0.1, 0.15) is 0 Å². The molecule has 1 amide bonds. The minimum Gasteiger partial charge on any atom is -0.452 e. The fraction of sp³-hybridized carbons (Fsp3) is 0.300. The highest BCUT2D eigenvalue weighted by molar-refractivity contribution is 7.89. The molecule has 1 fully saturated rings. The molecule has 0 saturated heterocycles. The van der Waals surface area contributed by atoms with E-state index in [4.69, 9.17) is 4.74 Å². The summed E-state index contributed by atoms with van der Waals surface area (Å²) in [7, 11) is -3.67. The Hall–Kier alpha value is -2.71. The van der Waals surface area contributed by atoms with Crippen LogP contribution in [-0.2, 0) is 26.0 Å². The summed E-state index contributed by atoms with van der Waals surface area (Å²) in [4.78, 5) is 24.3. The molecular weight excluding hydrogens is 380 g/mol. The first-order valence-electron chi connectivity index (χ1n) is 9.06. The van der Waals surface area contributed by atoms with Gasteiger partial charge in [-0.15, -0.1) is 0 Å². The average molecular weight is 402 g/mol. The molecule has 1 aliphatic carbocycles. The van der Waals surface area contributed by atoms with Crippen molar-refractivity contribution in [2.24, 2.45) is 0 Å². The van der Waals surface area contributed by atoms with Crippen molar-refractivity contribution in [2.75, 3.05) is 11.9 Å². The number of carbonyl (C=O) groups is 2. The molecule has 28 heavy (non-hydrogen) atoms. The van der Waals surface area contributed by atoms with Crippen molar-refractivity contribution in [1.29, 1.82) is 0 Å². The Bertz CT molecular complexity index is 984. The van der Waals surface area contributed by atoms with Gasteiger partial charge in [0, 0.05) is 11.7 Å². The number of esters is 1. The minimum atomic E-state index is -3.67. The number of sulfonamides is 1. The smallest absolute Gasteiger partial charge is 0.338 e. The summed E-state index contributed by atoms with van der Waals surface area (Å²) in [6, 6.07) is 12.9. The van der Waals surface area contributed by atoms with E-state index in [0.717, 1.165) is 24.8 Å². The van der Waals surface area contributed by atoms with Crippen LogP contribution >= 0.6 is 0 Å². The Morgan fingerprint density at radius 3 is 2.57 bits per heavy atom. The Morgan fingerprint density at radius 2 is 1.86 bits per heavy atom. The Labute approximate surface area is 164 Å². The highest BCUT2D eigenvalue weighted by Crippen LogP contribution is 2.22. The van der Waals surface area contributed by atoms with Crippen LogP contribution in [-0.4, -0.2) is 32.9 Å². The van der Waals surface area contributed by atoms with Crippen LogP contribution in [0, 0.1) is 0 Å². The van der Waals surface area contributed by atoms with Crippen LogP contribution in [0.5, 0.6) is 0 Å². The van der Waals surface area contributed by atoms with Crippen LogP contribution in [0.2, 0.25) is 0 Å². The van der Waals surface area contributed by atoms with Crippen molar-refractivity contribution >= 4 is 27.6 Å². The van der Waals surface area contributed by atoms with Crippen LogP contribution in [0.1, 0.15) is 35.7 Å². The summed E-state index contributed by atoms with van der Waals surface area (Å²) in [6.07, 6.45) is 2.39. The first-order chi connectivity index (χ1) is 13.4. The van der Waals surface area contributed by atoms with E-state index in [-0.39, 0.29) is 16.5 Å². The van der Waals surface area contributed by atoms with Crippen LogP contribution in [0.15, 0.2) is 53.4 Å². The molecule has 2 aromatic rings. The van der Waals surface area contributed by atoms with Crippen molar-refractivity contribution in [1.82, 2.24) is 4.72 Å². The van der Waals surface area contributed by atoms with Crippen molar-refractivity contribution < 1.29 is 22.7 Å². The molecule has 148 valence electrons. The van der Waals surface area contributed by atoms with Crippen LogP contribution < -0.4 is 10.0 Å². The number of benzene rings is 2. The molecule has 7 nitrogen and oxygen atoms in total. The normalized spacial score (nSPS) is 13.8. The standard InChI is InChI=1S/C20H22N2O5S/c1-2-14-6-3-4-9-18(14)21-19(23)13-27-20(24)15-7-5-8-17(12-15)28(25,26)22-16-10-11-16/h3-9,12,16,22H,2,10-11,13H2,1H3,(H,21,23). The number of nitrogens with one attached hydrogen (secondary N) is 2. The lowest BCUT2D eigenvalue weighted by Gasteiger charge is -2.10. The summed E-state index contributed by atoms with van der Waals surface area (Å²) in [6.45, 7) is 1.51. The van der Waals surface area contributed by atoms with E-state index in [0.29, 0.717) is 5.69 Å². The van der Waals surface area contributed by atoms with Gasteiger partial charge in [-0.25, -0.2) is 17.9 Å². The Balaban J connectivity index is 1.60. The Kier molecular flexibility index (Phi) is 6.11. The van der Waals surface area contributed by atoms with E-state index in [2.05, 4.69) is 10.0 Å². The van der Waals surface area contributed by atoms with Crippen LogP contribution in [0.3, 0.4) is 0 Å². The zero-order chi connectivity index (χ0) is 20.1. The van der Waals surface area contributed by atoms with Gasteiger partial charge >= 0.3 is 5.97 Å². The summed E-state index contributed by atoms with van der Waals surface area (Å²) in [5.74, 6) is -1.23. The number of para-hydroxylation sites is 1. The summed E-state index contributed by atoms with van der Waals surface area (Å²) in [5.41, 5.74) is 1.72. The van der Waals surface area contributed by atoms with E-state index in [1.54, 1.807) is 6.07 Å². The zero-order valence-corrected chi connectivity index (χ0v) is 16.3. The third-order valence-corrected chi connectivity index (χ3v) is 5.80. The maximum absolute atomic E-state index is 12.3. The van der Waals surface area contributed by atoms with Gasteiger partial charge in [-0.1, -0.05) is 31.2 Å². The Morgan fingerprint density at radius 1 is 1.11 bits per heavy atom. The number of amides is 1. The van der Waals surface area contributed by atoms with Gasteiger partial charge < -0.3 is 10.1 Å². The topological polar surface area (TPSA) is 102 Å². The second-order valence-corrected chi connectivity index (χ2v) is 8.27. The highest BCUT2D eigenvalue weighted by atomic mass is 32.2. The number of carbonyl (C=O) groups excluding carboxylic acids is 2. The molecule has 0 radical (unpaired) electrons. The van der Waals surface area contributed by atoms with Crippen molar-refractivity contribution in [3.63, 3.8) is 0 Å². The first kappa shape index (κ1) is 20.0. The highest BCUT2D eigenvalue weighted by Gasteiger charge is 2.28. The molecule has 1 saturated carbocycles. The molecule has 0 aliphatic heterocycles. The fourth-order valence-electron chi connectivity index (χ4n) is 2.63. The van der Waals surface area contributed by atoms with E-state index >= 15 is 0 Å². The molecule has 3 rings (SSSR count). The van der Waals surface area contributed by atoms with Crippen LogP contribution in [0.4, 0.5) is 5.69 Å². The lowest BCUT2D eigenvalue weighted by Crippen LogP contribution is -2.26. The maximum atomic E-state index is 12.3. The number of anilines is 1. The monoisotopic (exact) mass is 402 g/mol. The zero-order valence-electron chi connectivity index (χ0n) is 15.5. The largest absolute Gasteiger partial charge is 0.452 e. The van der Waals surface area contributed by atoms with Gasteiger partial charge in [-0.3, -0.25) is 4.79 Å². The van der Waals surface area contributed by atoms with Crippen molar-refractivity contribution in [3.8, 4) is 0 Å². The van der Waals surface area contributed by atoms with Crippen molar-refractivity contribution in [3.05, 3.63) is 59.7 Å². The number of aryl methyl sites for hydroxylation is 1. The van der Waals surface area contributed by atoms with Gasteiger partial charge in [0.25, 0.3) is 5.91 Å². The summed E-state index contributed by atoms with van der Waals surface area (Å²) >= 11 is 0. The summed E-state index contributed by atoms with van der Waals surface area (Å²) in [5, 5.41) is 2.71. The number of hydrogen-bond acceptors (Lipinski definition) is 5. The van der Waals surface area contributed by atoms with E-state index in [1.165, 1.54) is 24.3 Å². The minimum absolute atomic E-state index is 0.00447. The predicted molar refractivity (Wildman–Crippen MR) is 105 cm³/mol. The third-order valence-electron chi connectivity index (χ3n) is 4.29. The molecular formula is C20H22N2O5S. The quantitative estimate of drug-likeness (QED) is 0.661. The molecule has 0 spiro atoms. The predicted octanol–water partition coefficient (Wildman–Crippen LogP) is 2.49. The van der Waals surface area contributed by atoms with Gasteiger partial charge in [-0.2, -0.15) is 0 Å². The second kappa shape index (κ2) is 8.53. The molecule has 8 heteroatoms. The van der Waals surface area contributed by atoms with Gasteiger partial charge in [0.15, 0.2) is 6.61 Å². The molecule has 0 bridgehead atoms. The van der Waals surface area contributed by atoms with E-state index in [9.17, 15) is 18.0 Å². The third kappa shape index (κ3) is 5.17. The lowest BCUT2D eigenvalue weighted by molar-refractivity contribution is -0.119. The number of hydrogen-bond donors (Lipinski definition) is 2.